The van der Waals surface area contributed by atoms with E-state index < -0.39 is 0 Å². The van der Waals surface area contributed by atoms with Crippen LogP contribution in [0.25, 0.3) is 11.3 Å². The first-order valence-electron chi connectivity index (χ1n) is 13.4. The van der Waals surface area contributed by atoms with Crippen LogP contribution in [0.15, 0.2) is 99.9 Å². The number of rotatable bonds is 11. The highest BCUT2D eigenvalue weighted by Gasteiger charge is 2.13. The summed E-state index contributed by atoms with van der Waals surface area (Å²) in [6.07, 6.45) is 1.55. The highest BCUT2D eigenvalue weighted by molar-refractivity contribution is 9.10. The Hall–Kier alpha value is -4.18. The highest BCUT2D eigenvalue weighted by atomic mass is 79.9. The maximum Gasteiger partial charge on any atom is 0.271 e. The fraction of sp³-hybridized carbons (Fsp3) is 0.121. The lowest BCUT2D eigenvalue weighted by Crippen LogP contribution is -2.17. The Morgan fingerprint density at radius 2 is 1.81 bits per heavy atom. The predicted octanol–water partition coefficient (Wildman–Crippen LogP) is 9.02. The molecule has 0 spiro atoms. The van der Waals surface area contributed by atoms with Gasteiger partial charge in [-0.1, -0.05) is 59.6 Å². The molecule has 2 N–H and O–H groups in total. The van der Waals surface area contributed by atoms with Crippen molar-refractivity contribution in [1.82, 2.24) is 10.4 Å². The number of anilines is 2. The molecule has 0 fully saturated rings. The second-order valence-electron chi connectivity index (χ2n) is 9.45. The Morgan fingerprint density at radius 1 is 1.05 bits per heavy atom. The van der Waals surface area contributed by atoms with Gasteiger partial charge in [0.1, 0.15) is 6.61 Å². The van der Waals surface area contributed by atoms with Crippen LogP contribution in [-0.2, 0) is 6.61 Å². The summed E-state index contributed by atoms with van der Waals surface area (Å²) >= 11 is 11.4. The van der Waals surface area contributed by atoms with Crippen LogP contribution < -0.4 is 20.2 Å². The Morgan fingerprint density at radius 3 is 2.56 bits per heavy atom. The number of halogens is 2. The third kappa shape index (κ3) is 8.01. The maximum atomic E-state index is 12.7. The Balaban J connectivity index is 1.20. The summed E-state index contributed by atoms with van der Waals surface area (Å²) in [7, 11) is 0. The van der Waals surface area contributed by atoms with Crippen LogP contribution in [0.1, 0.15) is 34.0 Å². The SMILES string of the molecule is CCOc1cc(/C=N\NC(=O)c2ccc(-c3csc(Nc4ccc(C)cc4)n3)cc2)cc(Br)c1OCc1ccccc1Cl. The van der Waals surface area contributed by atoms with E-state index >= 15 is 0 Å². The van der Waals surface area contributed by atoms with Crippen molar-refractivity contribution >= 4 is 61.8 Å². The lowest BCUT2D eigenvalue weighted by atomic mass is 10.1. The Bertz CT molecular complexity index is 1740. The summed E-state index contributed by atoms with van der Waals surface area (Å²) in [4.78, 5) is 17.4. The number of ether oxygens (including phenoxy) is 2. The standard InChI is InChI=1S/C33H28BrClN4O3S/c1-3-41-30-17-22(16-27(34)31(30)42-19-25-6-4-5-7-28(25)35)18-36-39-32(40)24-12-10-23(11-13-24)29-20-43-33(38-29)37-26-14-8-21(2)9-15-26/h4-18,20H,3,19H2,1-2H3,(H,37,38)(H,39,40)/b36-18-. The molecule has 0 radical (unpaired) electrons. The fourth-order valence-electron chi connectivity index (χ4n) is 4.08. The van der Waals surface area contributed by atoms with Crippen molar-refractivity contribution in [3.8, 4) is 22.8 Å². The number of hydrogen-bond acceptors (Lipinski definition) is 7. The van der Waals surface area contributed by atoms with E-state index in [1.807, 2.05) is 66.9 Å². The number of aromatic nitrogens is 1. The quantitative estimate of drug-likeness (QED) is 0.108. The minimum atomic E-state index is -0.327. The van der Waals surface area contributed by atoms with Crippen LogP contribution in [0.4, 0.5) is 10.8 Å². The molecule has 0 saturated heterocycles. The number of thiazole rings is 1. The van der Waals surface area contributed by atoms with Crippen molar-refractivity contribution in [2.75, 3.05) is 11.9 Å². The van der Waals surface area contributed by atoms with Crippen molar-refractivity contribution in [2.45, 2.75) is 20.5 Å². The number of amides is 1. The number of hydrogen-bond donors (Lipinski definition) is 2. The third-order valence-electron chi connectivity index (χ3n) is 6.29. The predicted molar refractivity (Wildman–Crippen MR) is 178 cm³/mol. The average Bonchev–Trinajstić information content (AvgIpc) is 3.47. The monoisotopic (exact) mass is 674 g/mol. The van der Waals surface area contributed by atoms with Crippen LogP contribution in [0, 0.1) is 6.92 Å². The van der Waals surface area contributed by atoms with Crippen molar-refractivity contribution in [3.63, 3.8) is 0 Å². The zero-order valence-corrected chi connectivity index (χ0v) is 26.6. The molecule has 1 amide bonds. The normalized spacial score (nSPS) is 11.0. The van der Waals surface area contributed by atoms with E-state index in [0.29, 0.717) is 33.2 Å². The lowest BCUT2D eigenvalue weighted by molar-refractivity contribution is 0.0955. The first-order valence-corrected chi connectivity index (χ1v) is 15.5. The smallest absolute Gasteiger partial charge is 0.271 e. The van der Waals surface area contributed by atoms with Gasteiger partial charge in [-0.05, 0) is 77.8 Å². The zero-order valence-electron chi connectivity index (χ0n) is 23.4. The molecule has 7 nitrogen and oxygen atoms in total. The van der Waals surface area contributed by atoms with Gasteiger partial charge in [0.05, 0.1) is 23.0 Å². The molecule has 43 heavy (non-hydrogen) atoms. The van der Waals surface area contributed by atoms with Crippen molar-refractivity contribution < 1.29 is 14.3 Å². The minimum Gasteiger partial charge on any atom is -0.490 e. The molecule has 5 rings (SSSR count). The molecule has 0 unspecified atom stereocenters. The third-order valence-corrected chi connectivity index (χ3v) is 8.01. The number of carbonyl (C=O) groups is 1. The molecule has 0 aliphatic heterocycles. The van der Waals surface area contributed by atoms with E-state index in [1.165, 1.54) is 16.9 Å². The zero-order chi connectivity index (χ0) is 30.2. The number of nitrogens with zero attached hydrogens (tertiary/aromatic N) is 2. The van der Waals surface area contributed by atoms with E-state index in [1.54, 1.807) is 24.4 Å². The molecule has 0 saturated carbocycles. The number of aryl methyl sites for hydroxylation is 1. The van der Waals surface area contributed by atoms with Crippen LogP contribution >= 0.6 is 38.9 Å². The molecule has 218 valence electrons. The van der Waals surface area contributed by atoms with Crippen LogP contribution in [0.3, 0.4) is 0 Å². The van der Waals surface area contributed by atoms with Crippen LogP contribution in [-0.4, -0.2) is 23.7 Å². The molecule has 1 heterocycles. The fourth-order valence-corrected chi connectivity index (χ4v) is 5.58. The number of carbonyl (C=O) groups excluding carboxylic acids is 1. The average molecular weight is 676 g/mol. The molecular weight excluding hydrogens is 648 g/mol. The Labute approximate surface area is 267 Å². The van der Waals surface area contributed by atoms with E-state index in [-0.39, 0.29) is 12.5 Å². The van der Waals surface area contributed by atoms with E-state index in [2.05, 4.69) is 55.8 Å². The molecular formula is C33H28BrClN4O3S. The van der Waals surface area contributed by atoms with E-state index in [0.717, 1.165) is 33.2 Å². The summed E-state index contributed by atoms with van der Waals surface area (Å²) in [6, 6.07) is 26.6. The number of hydrazone groups is 1. The molecule has 4 aromatic carbocycles. The van der Waals surface area contributed by atoms with Gasteiger partial charge in [0.25, 0.3) is 5.91 Å². The summed E-state index contributed by atoms with van der Waals surface area (Å²) in [6.45, 7) is 4.69. The van der Waals surface area contributed by atoms with E-state index in [4.69, 9.17) is 21.1 Å². The van der Waals surface area contributed by atoms with Gasteiger partial charge in [-0.25, -0.2) is 10.4 Å². The van der Waals surface area contributed by atoms with Gasteiger partial charge in [-0.2, -0.15) is 5.10 Å². The molecule has 1 aromatic heterocycles. The van der Waals surface area contributed by atoms with Crippen molar-refractivity contribution in [2.24, 2.45) is 5.10 Å². The number of benzene rings is 4. The van der Waals surface area contributed by atoms with Crippen molar-refractivity contribution in [1.29, 1.82) is 0 Å². The molecule has 0 atom stereocenters. The summed E-state index contributed by atoms with van der Waals surface area (Å²) < 4.78 is 12.5. The minimum absolute atomic E-state index is 0.286. The van der Waals surface area contributed by atoms with Gasteiger partial charge < -0.3 is 14.8 Å². The van der Waals surface area contributed by atoms with Crippen molar-refractivity contribution in [3.05, 3.63) is 122 Å². The first kappa shape index (κ1) is 30.3. The second kappa shape index (κ2) is 14.3. The van der Waals surface area contributed by atoms with Crippen LogP contribution in [0.5, 0.6) is 11.5 Å². The van der Waals surface area contributed by atoms with E-state index in [9.17, 15) is 4.79 Å². The van der Waals surface area contributed by atoms with Gasteiger partial charge >= 0.3 is 0 Å². The number of nitrogens with one attached hydrogen (secondary N) is 2. The molecule has 0 aliphatic rings. The Kier molecular flexibility index (Phi) is 10.1. The van der Waals surface area contributed by atoms with Gasteiger partial charge in [0.2, 0.25) is 0 Å². The van der Waals surface area contributed by atoms with Gasteiger partial charge in [-0.3, -0.25) is 4.79 Å². The summed E-state index contributed by atoms with van der Waals surface area (Å²) in [5, 5.41) is 10.9. The van der Waals surface area contributed by atoms with Gasteiger partial charge in [-0.15, -0.1) is 11.3 Å². The molecule has 0 aliphatic carbocycles. The van der Waals surface area contributed by atoms with Crippen LogP contribution in [0.2, 0.25) is 5.02 Å². The first-order chi connectivity index (χ1) is 20.9. The maximum absolute atomic E-state index is 12.7. The summed E-state index contributed by atoms with van der Waals surface area (Å²) in [5.74, 6) is 0.777. The summed E-state index contributed by atoms with van der Waals surface area (Å²) in [5.41, 5.74) is 8.59. The lowest BCUT2D eigenvalue weighted by Gasteiger charge is -2.15. The second-order valence-corrected chi connectivity index (χ2v) is 11.6. The molecule has 5 aromatic rings. The molecule has 0 bridgehead atoms. The van der Waals surface area contributed by atoms with Gasteiger partial charge in [0, 0.05) is 32.8 Å². The highest BCUT2D eigenvalue weighted by Crippen LogP contribution is 2.37. The molecule has 10 heteroatoms. The largest absolute Gasteiger partial charge is 0.490 e. The topological polar surface area (TPSA) is 84.8 Å². The van der Waals surface area contributed by atoms with Gasteiger partial charge in [0.15, 0.2) is 16.6 Å².